The van der Waals surface area contributed by atoms with E-state index in [1.165, 1.54) is 18.4 Å². The Morgan fingerprint density at radius 1 is 0.897 bits per heavy atom. The van der Waals surface area contributed by atoms with Crippen LogP contribution in [0, 0.1) is 6.92 Å². The number of aryl methyl sites for hydroxylation is 2. The van der Waals surface area contributed by atoms with E-state index in [0.717, 1.165) is 24.2 Å². The zero-order valence-corrected chi connectivity index (χ0v) is 23.1. The standard InChI is InChI=1S/C31H38N2O6/c1-4-5-6-7-24-9-12-26(13-10-24)31(35)32(16-17-36-3)21-30(34)33(20-27-14-8-23(2)39-27)19-25-11-15-28-29(18-25)38-22-37-28/h8-15,18H,4-7,16-17,19-22H2,1-3H3. The molecule has 39 heavy (non-hydrogen) atoms. The van der Waals surface area contributed by atoms with E-state index in [2.05, 4.69) is 6.92 Å². The Balaban J connectivity index is 1.49. The minimum atomic E-state index is -0.197. The zero-order chi connectivity index (χ0) is 27.6. The van der Waals surface area contributed by atoms with E-state index in [4.69, 9.17) is 18.6 Å². The van der Waals surface area contributed by atoms with Crippen molar-refractivity contribution in [3.63, 3.8) is 0 Å². The highest BCUT2D eigenvalue weighted by Crippen LogP contribution is 2.33. The van der Waals surface area contributed by atoms with Crippen molar-refractivity contribution < 1.29 is 28.2 Å². The quantitative estimate of drug-likeness (QED) is 0.259. The van der Waals surface area contributed by atoms with Crippen molar-refractivity contribution in [2.24, 2.45) is 0 Å². The molecule has 0 spiro atoms. The maximum Gasteiger partial charge on any atom is 0.254 e. The maximum absolute atomic E-state index is 13.7. The number of rotatable bonds is 14. The summed E-state index contributed by atoms with van der Waals surface area (Å²) in [5, 5.41) is 0. The van der Waals surface area contributed by atoms with Gasteiger partial charge in [0.25, 0.3) is 5.91 Å². The summed E-state index contributed by atoms with van der Waals surface area (Å²) in [4.78, 5) is 30.4. The molecule has 0 N–H and O–H groups in total. The first-order chi connectivity index (χ1) is 19.0. The Hall–Kier alpha value is -3.78. The van der Waals surface area contributed by atoms with Crippen molar-refractivity contribution in [2.75, 3.05) is 33.6 Å². The number of hydrogen-bond donors (Lipinski definition) is 0. The van der Waals surface area contributed by atoms with E-state index < -0.39 is 0 Å². The fraction of sp³-hybridized carbons (Fsp3) is 0.419. The van der Waals surface area contributed by atoms with Gasteiger partial charge < -0.3 is 28.4 Å². The predicted molar refractivity (Wildman–Crippen MR) is 148 cm³/mol. The predicted octanol–water partition coefficient (Wildman–Crippen LogP) is 5.37. The average molecular weight is 535 g/mol. The lowest BCUT2D eigenvalue weighted by Crippen LogP contribution is -2.43. The van der Waals surface area contributed by atoms with Crippen LogP contribution >= 0.6 is 0 Å². The Labute approximate surface area is 230 Å². The van der Waals surface area contributed by atoms with Crippen LogP contribution in [0.15, 0.2) is 59.0 Å². The SMILES string of the molecule is CCCCCc1ccc(C(=O)N(CCOC)CC(=O)N(Cc2ccc3c(c2)OCO3)Cc2ccc(C)o2)cc1. The van der Waals surface area contributed by atoms with Crippen LogP contribution < -0.4 is 9.47 Å². The van der Waals surface area contributed by atoms with Crippen LogP contribution in [-0.2, 0) is 29.0 Å². The summed E-state index contributed by atoms with van der Waals surface area (Å²) in [6.45, 7) is 5.39. The monoisotopic (exact) mass is 534 g/mol. The molecule has 0 radical (unpaired) electrons. The van der Waals surface area contributed by atoms with Gasteiger partial charge in [-0.1, -0.05) is 38.0 Å². The number of hydrogen-bond acceptors (Lipinski definition) is 6. The van der Waals surface area contributed by atoms with Crippen molar-refractivity contribution in [2.45, 2.75) is 52.6 Å². The van der Waals surface area contributed by atoms with Crippen molar-refractivity contribution in [3.8, 4) is 11.5 Å². The van der Waals surface area contributed by atoms with Crippen LogP contribution in [0.25, 0.3) is 0 Å². The molecule has 8 nitrogen and oxygen atoms in total. The lowest BCUT2D eigenvalue weighted by molar-refractivity contribution is -0.133. The number of furan rings is 1. The topological polar surface area (TPSA) is 81.5 Å². The number of fused-ring (bicyclic) bond motifs is 1. The Kier molecular flexibility index (Phi) is 10.0. The zero-order valence-electron chi connectivity index (χ0n) is 23.1. The molecule has 2 aromatic carbocycles. The van der Waals surface area contributed by atoms with Crippen molar-refractivity contribution in [1.82, 2.24) is 9.80 Å². The summed E-state index contributed by atoms with van der Waals surface area (Å²) in [6, 6.07) is 17.1. The van der Waals surface area contributed by atoms with E-state index in [9.17, 15) is 9.59 Å². The van der Waals surface area contributed by atoms with Gasteiger partial charge in [0.1, 0.15) is 18.1 Å². The molecular weight excluding hydrogens is 496 g/mol. The highest BCUT2D eigenvalue weighted by Gasteiger charge is 2.24. The number of carbonyl (C=O) groups excluding carboxylic acids is 2. The van der Waals surface area contributed by atoms with Gasteiger partial charge in [-0.05, 0) is 67.3 Å². The van der Waals surface area contributed by atoms with Gasteiger partial charge in [0.15, 0.2) is 11.5 Å². The maximum atomic E-state index is 13.7. The smallest absolute Gasteiger partial charge is 0.254 e. The Morgan fingerprint density at radius 3 is 2.38 bits per heavy atom. The van der Waals surface area contributed by atoms with Crippen LogP contribution in [-0.4, -0.2) is 55.2 Å². The molecule has 0 fully saturated rings. The number of nitrogens with zero attached hydrogens (tertiary/aromatic N) is 2. The summed E-state index contributed by atoms with van der Waals surface area (Å²) >= 11 is 0. The molecule has 0 atom stereocenters. The molecule has 3 aromatic rings. The molecule has 0 bridgehead atoms. The summed E-state index contributed by atoms with van der Waals surface area (Å²) in [7, 11) is 1.58. The molecule has 2 amide bonds. The molecule has 1 aliphatic rings. The van der Waals surface area contributed by atoms with Crippen LogP contribution in [0.3, 0.4) is 0 Å². The van der Waals surface area contributed by atoms with Gasteiger partial charge in [0, 0.05) is 25.8 Å². The first-order valence-corrected chi connectivity index (χ1v) is 13.6. The second-order valence-electron chi connectivity index (χ2n) is 9.82. The highest BCUT2D eigenvalue weighted by atomic mass is 16.7. The fourth-order valence-corrected chi connectivity index (χ4v) is 4.54. The van der Waals surface area contributed by atoms with Crippen molar-refractivity contribution in [3.05, 3.63) is 82.8 Å². The molecule has 1 aromatic heterocycles. The second-order valence-corrected chi connectivity index (χ2v) is 9.82. The summed E-state index contributed by atoms with van der Waals surface area (Å²) in [5.74, 6) is 2.40. The number of carbonyl (C=O) groups is 2. The van der Waals surface area contributed by atoms with Gasteiger partial charge in [0.05, 0.1) is 13.2 Å². The third-order valence-electron chi connectivity index (χ3n) is 6.75. The normalized spacial score (nSPS) is 12.0. The van der Waals surface area contributed by atoms with Gasteiger partial charge in [-0.25, -0.2) is 0 Å². The molecule has 0 unspecified atom stereocenters. The Morgan fingerprint density at radius 2 is 1.67 bits per heavy atom. The highest BCUT2D eigenvalue weighted by molar-refractivity contribution is 5.96. The van der Waals surface area contributed by atoms with Gasteiger partial charge in [-0.2, -0.15) is 0 Å². The van der Waals surface area contributed by atoms with E-state index in [1.54, 1.807) is 16.9 Å². The molecule has 8 heteroatoms. The summed E-state index contributed by atoms with van der Waals surface area (Å²) < 4.78 is 22.0. The Bertz CT molecular complexity index is 1240. The lowest BCUT2D eigenvalue weighted by Gasteiger charge is -2.27. The van der Waals surface area contributed by atoms with Crippen molar-refractivity contribution in [1.29, 1.82) is 0 Å². The van der Waals surface area contributed by atoms with Crippen LogP contribution in [0.2, 0.25) is 0 Å². The van der Waals surface area contributed by atoms with E-state index >= 15 is 0 Å². The molecule has 208 valence electrons. The van der Waals surface area contributed by atoms with Gasteiger partial charge >= 0.3 is 0 Å². The lowest BCUT2D eigenvalue weighted by atomic mass is 10.0. The minimum absolute atomic E-state index is 0.0787. The molecule has 0 saturated carbocycles. The fourth-order valence-electron chi connectivity index (χ4n) is 4.54. The first-order valence-electron chi connectivity index (χ1n) is 13.6. The number of unbranched alkanes of at least 4 members (excludes halogenated alkanes) is 2. The van der Waals surface area contributed by atoms with Gasteiger partial charge in [-0.3, -0.25) is 9.59 Å². The number of amides is 2. The third kappa shape index (κ3) is 7.86. The molecular formula is C31H38N2O6. The second kappa shape index (κ2) is 13.8. The molecule has 2 heterocycles. The third-order valence-corrected chi connectivity index (χ3v) is 6.75. The molecule has 4 rings (SSSR count). The van der Waals surface area contributed by atoms with Crippen LogP contribution in [0.5, 0.6) is 11.5 Å². The van der Waals surface area contributed by atoms with E-state index in [0.29, 0.717) is 42.5 Å². The number of methoxy groups -OCH3 is 1. The van der Waals surface area contributed by atoms with Gasteiger partial charge in [-0.15, -0.1) is 0 Å². The van der Waals surface area contributed by atoms with E-state index in [-0.39, 0.29) is 31.7 Å². The van der Waals surface area contributed by atoms with Crippen molar-refractivity contribution >= 4 is 11.8 Å². The van der Waals surface area contributed by atoms with Crippen LogP contribution in [0.1, 0.15) is 59.2 Å². The first kappa shape index (κ1) is 28.2. The van der Waals surface area contributed by atoms with Crippen LogP contribution in [0.4, 0.5) is 0 Å². The molecule has 0 aliphatic carbocycles. The van der Waals surface area contributed by atoms with Gasteiger partial charge in [0.2, 0.25) is 12.7 Å². The summed E-state index contributed by atoms with van der Waals surface area (Å²) in [5.41, 5.74) is 2.66. The molecule has 1 aliphatic heterocycles. The number of ether oxygens (including phenoxy) is 3. The largest absolute Gasteiger partial charge is 0.464 e. The average Bonchev–Trinajstić information content (AvgIpc) is 3.58. The summed E-state index contributed by atoms with van der Waals surface area (Å²) in [6.07, 6.45) is 4.49. The van der Waals surface area contributed by atoms with E-state index in [1.807, 2.05) is 61.5 Å². The minimum Gasteiger partial charge on any atom is -0.464 e. The number of benzene rings is 2. The molecule has 0 saturated heterocycles.